The molecule has 0 fully saturated rings. The van der Waals surface area contributed by atoms with Gasteiger partial charge in [-0.05, 0) is 49.6 Å². The van der Waals surface area contributed by atoms with E-state index in [-0.39, 0.29) is 0 Å². The predicted molar refractivity (Wildman–Crippen MR) is 93.5 cm³/mol. The van der Waals surface area contributed by atoms with Gasteiger partial charge in [-0.2, -0.15) is 0 Å². The molecule has 0 spiro atoms. The summed E-state index contributed by atoms with van der Waals surface area (Å²) < 4.78 is 0. The molecule has 0 radical (unpaired) electrons. The molecular formula is C17H17Cl2N3. The predicted octanol–water partition coefficient (Wildman–Crippen LogP) is 4.82. The fraction of sp³-hybridized carbons (Fsp3) is 0.235. The van der Waals surface area contributed by atoms with Crippen molar-refractivity contribution in [2.24, 2.45) is 5.73 Å². The highest BCUT2D eigenvalue weighted by Gasteiger charge is 2.16. The quantitative estimate of drug-likeness (QED) is 0.657. The molecule has 0 saturated heterocycles. The second kappa shape index (κ2) is 6.69. The lowest BCUT2D eigenvalue weighted by molar-refractivity contribution is 0.748. The fourth-order valence-corrected chi connectivity index (χ4v) is 3.06. The minimum absolute atomic E-state index is 0.552. The number of hydrogen-bond acceptors (Lipinski definition) is 2. The highest BCUT2D eigenvalue weighted by atomic mass is 35.5. The minimum atomic E-state index is 0.552. The minimum Gasteiger partial charge on any atom is -0.352 e. The van der Waals surface area contributed by atoms with Crippen LogP contribution in [0.25, 0.3) is 22.3 Å². The summed E-state index contributed by atoms with van der Waals surface area (Å²) in [6.07, 6.45) is 4.75. The first-order valence-electron chi connectivity index (χ1n) is 7.32. The second-order valence-corrected chi connectivity index (χ2v) is 6.01. The van der Waals surface area contributed by atoms with Gasteiger partial charge >= 0.3 is 0 Å². The standard InChI is InChI=1S/C17H17Cl2N3/c18-13-8-7-12-11(5-1-3-9-20)16(22-17(12)15(13)19)14-6-2-4-10-21-14/h2,4,6-8,10,22H,1,3,5,9,20H2. The number of hydrogen-bond donors (Lipinski definition) is 2. The van der Waals surface area contributed by atoms with Gasteiger partial charge in [-0.3, -0.25) is 4.98 Å². The number of H-pyrrole nitrogens is 1. The van der Waals surface area contributed by atoms with E-state index in [2.05, 4.69) is 9.97 Å². The molecule has 5 heteroatoms. The van der Waals surface area contributed by atoms with Crippen LogP contribution in [0.2, 0.25) is 10.0 Å². The smallest absolute Gasteiger partial charge is 0.0867 e. The molecule has 1 aromatic carbocycles. The number of halogens is 2. The van der Waals surface area contributed by atoms with Crippen molar-refractivity contribution >= 4 is 34.1 Å². The lowest BCUT2D eigenvalue weighted by Gasteiger charge is -2.04. The number of rotatable bonds is 5. The molecule has 0 unspecified atom stereocenters. The van der Waals surface area contributed by atoms with Crippen LogP contribution < -0.4 is 5.73 Å². The molecule has 3 N–H and O–H groups in total. The molecule has 3 aromatic rings. The Morgan fingerprint density at radius 2 is 1.95 bits per heavy atom. The largest absolute Gasteiger partial charge is 0.352 e. The van der Waals surface area contributed by atoms with Gasteiger partial charge in [-0.15, -0.1) is 0 Å². The first-order chi connectivity index (χ1) is 10.7. The van der Waals surface area contributed by atoms with Crippen LogP contribution in [0, 0.1) is 0 Å². The van der Waals surface area contributed by atoms with Gasteiger partial charge in [0, 0.05) is 11.6 Å². The maximum absolute atomic E-state index is 6.36. The molecule has 2 heterocycles. The average Bonchev–Trinajstić information content (AvgIpc) is 2.92. The zero-order valence-electron chi connectivity index (χ0n) is 12.1. The molecule has 114 valence electrons. The SMILES string of the molecule is NCCCCc1c(-c2ccccn2)[nH]c2c(Cl)c(Cl)ccc12. The molecule has 0 amide bonds. The van der Waals surface area contributed by atoms with Gasteiger partial charge in [0.15, 0.2) is 0 Å². The third-order valence-electron chi connectivity index (χ3n) is 3.77. The van der Waals surface area contributed by atoms with Crippen molar-refractivity contribution in [1.82, 2.24) is 9.97 Å². The summed E-state index contributed by atoms with van der Waals surface area (Å²) in [5.41, 5.74) is 9.63. The zero-order valence-corrected chi connectivity index (χ0v) is 13.6. The van der Waals surface area contributed by atoms with E-state index in [9.17, 15) is 0 Å². The number of aromatic amines is 1. The maximum Gasteiger partial charge on any atom is 0.0867 e. The lowest BCUT2D eigenvalue weighted by atomic mass is 10.0. The van der Waals surface area contributed by atoms with E-state index in [1.807, 2.05) is 30.3 Å². The lowest BCUT2D eigenvalue weighted by Crippen LogP contribution is -1.99. The van der Waals surface area contributed by atoms with Crippen LogP contribution >= 0.6 is 23.2 Å². The van der Waals surface area contributed by atoms with Gasteiger partial charge in [0.25, 0.3) is 0 Å². The first kappa shape index (κ1) is 15.3. The molecule has 0 aliphatic rings. The Morgan fingerprint density at radius 1 is 1.09 bits per heavy atom. The molecule has 3 nitrogen and oxygen atoms in total. The topological polar surface area (TPSA) is 54.7 Å². The number of nitrogens with zero attached hydrogens (tertiary/aromatic N) is 1. The van der Waals surface area contributed by atoms with E-state index in [1.54, 1.807) is 6.20 Å². The van der Waals surface area contributed by atoms with Crippen LogP contribution in [0.5, 0.6) is 0 Å². The molecule has 0 bridgehead atoms. The third kappa shape index (κ3) is 2.84. The van der Waals surface area contributed by atoms with Crippen molar-refractivity contribution in [1.29, 1.82) is 0 Å². The van der Waals surface area contributed by atoms with Crippen LogP contribution in [-0.4, -0.2) is 16.5 Å². The highest BCUT2D eigenvalue weighted by molar-refractivity contribution is 6.45. The number of pyridine rings is 1. The summed E-state index contributed by atoms with van der Waals surface area (Å²) in [7, 11) is 0. The second-order valence-electron chi connectivity index (χ2n) is 5.22. The summed E-state index contributed by atoms with van der Waals surface area (Å²) in [4.78, 5) is 7.86. The third-order valence-corrected chi connectivity index (χ3v) is 4.58. The van der Waals surface area contributed by atoms with E-state index >= 15 is 0 Å². The summed E-state index contributed by atoms with van der Waals surface area (Å²) in [6, 6.07) is 9.74. The van der Waals surface area contributed by atoms with Crippen molar-refractivity contribution in [2.45, 2.75) is 19.3 Å². The maximum atomic E-state index is 6.36. The average molecular weight is 334 g/mol. The molecule has 2 aromatic heterocycles. The summed E-state index contributed by atoms with van der Waals surface area (Å²) in [6.45, 7) is 0.702. The van der Waals surface area contributed by atoms with E-state index in [0.717, 1.165) is 41.6 Å². The molecule has 0 atom stereocenters. The van der Waals surface area contributed by atoms with Gasteiger partial charge in [-0.25, -0.2) is 0 Å². The van der Waals surface area contributed by atoms with Gasteiger partial charge in [0.2, 0.25) is 0 Å². The first-order valence-corrected chi connectivity index (χ1v) is 8.08. The molecule has 3 rings (SSSR count). The Bertz CT molecular complexity index is 781. The van der Waals surface area contributed by atoms with Gasteiger partial charge in [0.1, 0.15) is 0 Å². The Kier molecular flexibility index (Phi) is 4.67. The number of unbranched alkanes of at least 4 members (excludes halogenated alkanes) is 1. The highest BCUT2D eigenvalue weighted by Crippen LogP contribution is 2.37. The number of aromatic nitrogens is 2. The molecule has 0 aliphatic carbocycles. The van der Waals surface area contributed by atoms with E-state index < -0.39 is 0 Å². The van der Waals surface area contributed by atoms with Crippen LogP contribution in [0.1, 0.15) is 18.4 Å². The number of fused-ring (bicyclic) bond motifs is 1. The van der Waals surface area contributed by atoms with Crippen molar-refractivity contribution in [2.75, 3.05) is 6.54 Å². The molecule has 0 saturated carbocycles. The number of aryl methyl sites for hydroxylation is 1. The van der Waals surface area contributed by atoms with Crippen molar-refractivity contribution in [3.8, 4) is 11.4 Å². The van der Waals surface area contributed by atoms with Crippen LogP contribution in [0.15, 0.2) is 36.5 Å². The van der Waals surface area contributed by atoms with E-state index in [0.29, 0.717) is 16.6 Å². The van der Waals surface area contributed by atoms with Crippen molar-refractivity contribution in [3.05, 3.63) is 52.1 Å². The zero-order chi connectivity index (χ0) is 15.5. The Hall–Kier alpha value is -1.55. The van der Waals surface area contributed by atoms with Crippen LogP contribution in [0.4, 0.5) is 0 Å². The van der Waals surface area contributed by atoms with Crippen molar-refractivity contribution in [3.63, 3.8) is 0 Å². The summed E-state index contributed by atoms with van der Waals surface area (Å²) in [5.74, 6) is 0. The fourth-order valence-electron chi connectivity index (χ4n) is 2.69. The Morgan fingerprint density at radius 3 is 2.68 bits per heavy atom. The number of nitrogens with one attached hydrogen (secondary N) is 1. The monoisotopic (exact) mass is 333 g/mol. The molecular weight excluding hydrogens is 317 g/mol. The van der Waals surface area contributed by atoms with Crippen LogP contribution in [0.3, 0.4) is 0 Å². The number of nitrogens with two attached hydrogens (primary N) is 1. The van der Waals surface area contributed by atoms with Gasteiger partial charge in [0.05, 0.1) is 26.9 Å². The molecule has 22 heavy (non-hydrogen) atoms. The van der Waals surface area contributed by atoms with E-state index in [1.165, 1.54) is 5.56 Å². The Balaban J connectivity index is 2.16. The van der Waals surface area contributed by atoms with Gasteiger partial charge in [-0.1, -0.05) is 35.3 Å². The Labute approximate surface area is 139 Å². The number of benzene rings is 1. The van der Waals surface area contributed by atoms with Crippen LogP contribution in [-0.2, 0) is 6.42 Å². The van der Waals surface area contributed by atoms with Crippen molar-refractivity contribution < 1.29 is 0 Å². The summed E-state index contributed by atoms with van der Waals surface area (Å²) in [5, 5.41) is 2.21. The molecule has 0 aliphatic heterocycles. The van der Waals surface area contributed by atoms with E-state index in [4.69, 9.17) is 28.9 Å². The summed E-state index contributed by atoms with van der Waals surface area (Å²) >= 11 is 12.5. The van der Waals surface area contributed by atoms with Gasteiger partial charge < -0.3 is 10.7 Å². The normalized spacial score (nSPS) is 11.2.